The number of aromatic nitrogens is 1. The van der Waals surface area contributed by atoms with Gasteiger partial charge in [0.2, 0.25) is 0 Å². The molecule has 0 aromatic carbocycles. The number of ether oxygens (including phenoxy) is 2. The summed E-state index contributed by atoms with van der Waals surface area (Å²) in [5.74, 6) is -3.92. The number of aliphatic hydroxyl groups is 4. The molecule has 0 amide bonds. The fourth-order valence-corrected chi connectivity index (χ4v) is 11.6. The van der Waals surface area contributed by atoms with E-state index in [9.17, 15) is 29.8 Å². The molecule has 12 nitrogen and oxygen atoms in total. The number of hydrogen-bond acceptors (Lipinski definition) is 11. The van der Waals surface area contributed by atoms with Crippen LogP contribution < -0.4 is 0 Å². The number of esters is 1. The van der Waals surface area contributed by atoms with Crippen molar-refractivity contribution in [3.63, 3.8) is 0 Å². The SMILES string of the molecule is C=C1CC[C@]2(O)[C@]3(C)C[C@]4(O)O[C@]25[C@@H]1O[P@](=O)(OC)O[C@]51[C@@]3(O)[C@H](OC(=O)c2ccc[nH]2)[C@](O)(C(C)C)[C@]14C. The van der Waals surface area contributed by atoms with Gasteiger partial charge in [0.05, 0.1) is 5.41 Å². The van der Waals surface area contributed by atoms with Gasteiger partial charge in [0.25, 0.3) is 0 Å². The Morgan fingerprint density at radius 2 is 1.95 bits per heavy atom. The summed E-state index contributed by atoms with van der Waals surface area (Å²) in [6, 6.07) is 3.06. The van der Waals surface area contributed by atoms with Gasteiger partial charge < -0.3 is 34.9 Å². The summed E-state index contributed by atoms with van der Waals surface area (Å²) in [4.78, 5) is 16.2. The van der Waals surface area contributed by atoms with Gasteiger partial charge in [0, 0.05) is 25.1 Å². The number of phosphoric ester groups is 1. The van der Waals surface area contributed by atoms with Crippen molar-refractivity contribution in [2.75, 3.05) is 7.11 Å². The fourth-order valence-electron chi connectivity index (χ4n) is 10.00. The van der Waals surface area contributed by atoms with Gasteiger partial charge in [-0.25, -0.2) is 9.36 Å². The molecule has 214 valence electrons. The zero-order valence-corrected chi connectivity index (χ0v) is 23.3. The predicted molar refractivity (Wildman–Crippen MR) is 131 cm³/mol. The van der Waals surface area contributed by atoms with Gasteiger partial charge in [-0.05, 0) is 43.4 Å². The zero-order valence-electron chi connectivity index (χ0n) is 22.4. The fraction of sp³-hybridized carbons (Fsp3) is 0.731. The first-order valence-corrected chi connectivity index (χ1v) is 14.6. The average molecular weight is 568 g/mol. The summed E-state index contributed by atoms with van der Waals surface area (Å²) >= 11 is 0. The Labute approximate surface area is 224 Å². The summed E-state index contributed by atoms with van der Waals surface area (Å²) in [7, 11) is -3.44. The third-order valence-corrected chi connectivity index (χ3v) is 13.0. The van der Waals surface area contributed by atoms with Crippen LogP contribution in [0.4, 0.5) is 0 Å². The summed E-state index contributed by atoms with van der Waals surface area (Å²) in [6.45, 7) is 10.4. The molecule has 7 fully saturated rings. The van der Waals surface area contributed by atoms with E-state index in [4.69, 9.17) is 23.0 Å². The van der Waals surface area contributed by atoms with Crippen molar-refractivity contribution in [3.8, 4) is 0 Å². The summed E-state index contributed by atoms with van der Waals surface area (Å²) in [5.41, 5.74) is -14.4. The molecule has 1 aromatic heterocycles. The van der Waals surface area contributed by atoms with Gasteiger partial charge in [-0.3, -0.25) is 13.6 Å². The Morgan fingerprint density at radius 3 is 2.54 bits per heavy atom. The van der Waals surface area contributed by atoms with Crippen molar-refractivity contribution in [2.45, 2.75) is 93.0 Å². The highest BCUT2D eigenvalue weighted by Gasteiger charge is 3.12. The van der Waals surface area contributed by atoms with E-state index in [-0.39, 0.29) is 25.0 Å². The minimum atomic E-state index is -4.54. The molecule has 4 saturated carbocycles. The van der Waals surface area contributed by atoms with Gasteiger partial charge in [0.15, 0.2) is 23.1 Å². The van der Waals surface area contributed by atoms with Crippen LogP contribution in [-0.2, 0) is 27.6 Å². The average Bonchev–Trinajstić information content (AvgIpc) is 3.50. The second kappa shape index (κ2) is 6.72. The normalized spacial score (nSPS) is 58.3. The summed E-state index contributed by atoms with van der Waals surface area (Å²) in [6.07, 6.45) is -1.72. The van der Waals surface area contributed by atoms with Crippen LogP contribution in [0.1, 0.15) is 57.4 Å². The number of rotatable bonds is 4. The second-order valence-electron chi connectivity index (χ2n) is 12.8. The lowest BCUT2D eigenvalue weighted by molar-refractivity contribution is -0.381. The Balaban J connectivity index is 1.62. The van der Waals surface area contributed by atoms with E-state index in [1.54, 1.807) is 26.8 Å². The molecule has 2 spiro atoms. The molecule has 39 heavy (non-hydrogen) atoms. The first-order valence-electron chi connectivity index (χ1n) is 13.1. The van der Waals surface area contributed by atoms with E-state index in [0.29, 0.717) is 5.57 Å². The Kier molecular flexibility index (Phi) is 4.53. The quantitative estimate of drug-likeness (QED) is 0.203. The van der Waals surface area contributed by atoms with Crippen LogP contribution >= 0.6 is 7.82 Å². The molecule has 0 unspecified atom stereocenters. The van der Waals surface area contributed by atoms with Crippen molar-refractivity contribution < 1.29 is 52.8 Å². The maximum absolute atomic E-state index is 14.0. The molecule has 8 rings (SSSR count). The Bertz CT molecular complexity index is 1380. The molecule has 5 N–H and O–H groups in total. The number of nitrogens with one attached hydrogen (secondary N) is 1. The molecular weight excluding hydrogens is 533 g/mol. The first kappa shape index (κ1) is 26.3. The predicted octanol–water partition coefficient (Wildman–Crippen LogP) is 1.55. The topological polar surface area (TPSA) is 177 Å². The van der Waals surface area contributed by atoms with Crippen LogP contribution in [0.15, 0.2) is 30.5 Å². The monoisotopic (exact) mass is 567 g/mol. The number of hydrogen-bond donors (Lipinski definition) is 5. The minimum Gasteiger partial charge on any atom is -0.451 e. The van der Waals surface area contributed by atoms with Crippen LogP contribution in [-0.4, -0.2) is 84.5 Å². The minimum absolute atomic E-state index is 0.0243. The first-order chi connectivity index (χ1) is 18.0. The van der Waals surface area contributed by atoms with E-state index in [0.717, 1.165) is 7.11 Å². The maximum atomic E-state index is 14.0. The Morgan fingerprint density at radius 1 is 1.26 bits per heavy atom. The van der Waals surface area contributed by atoms with Crippen molar-refractivity contribution in [1.82, 2.24) is 4.98 Å². The van der Waals surface area contributed by atoms with E-state index in [2.05, 4.69) is 11.6 Å². The maximum Gasteiger partial charge on any atom is 0.475 e. The summed E-state index contributed by atoms with van der Waals surface area (Å²) < 4.78 is 43.9. The van der Waals surface area contributed by atoms with Gasteiger partial charge in [0.1, 0.15) is 28.6 Å². The van der Waals surface area contributed by atoms with Crippen LogP contribution in [0.5, 0.6) is 0 Å². The van der Waals surface area contributed by atoms with Gasteiger partial charge in [-0.1, -0.05) is 27.4 Å². The second-order valence-corrected chi connectivity index (χ2v) is 14.4. The van der Waals surface area contributed by atoms with Gasteiger partial charge in [-0.2, -0.15) is 0 Å². The van der Waals surface area contributed by atoms with Crippen molar-refractivity contribution in [2.24, 2.45) is 16.7 Å². The van der Waals surface area contributed by atoms with E-state index >= 15 is 0 Å². The molecule has 4 aliphatic carbocycles. The van der Waals surface area contributed by atoms with E-state index < -0.39 is 76.5 Å². The number of aromatic amines is 1. The largest absolute Gasteiger partial charge is 0.475 e. The molecular formula is C26H34NO11P. The van der Waals surface area contributed by atoms with Crippen LogP contribution in [0.2, 0.25) is 0 Å². The highest BCUT2D eigenvalue weighted by Crippen LogP contribution is 2.94. The van der Waals surface area contributed by atoms with Crippen molar-refractivity contribution >= 4 is 13.8 Å². The van der Waals surface area contributed by atoms with Crippen molar-refractivity contribution in [1.29, 1.82) is 0 Å². The van der Waals surface area contributed by atoms with Gasteiger partial charge in [-0.15, -0.1) is 0 Å². The zero-order chi connectivity index (χ0) is 28.4. The number of H-pyrrole nitrogens is 1. The molecule has 3 aliphatic heterocycles. The number of carbonyl (C=O) groups is 1. The third kappa shape index (κ3) is 2.04. The number of phosphoric acid groups is 1. The highest BCUT2D eigenvalue weighted by atomic mass is 31.2. The summed E-state index contributed by atoms with van der Waals surface area (Å²) in [5, 5.41) is 51.2. The molecule has 7 aliphatic rings. The molecule has 13 heteroatoms. The highest BCUT2D eigenvalue weighted by molar-refractivity contribution is 7.48. The van der Waals surface area contributed by atoms with Crippen LogP contribution in [0.3, 0.4) is 0 Å². The van der Waals surface area contributed by atoms with Crippen LogP contribution in [0, 0.1) is 16.7 Å². The smallest absolute Gasteiger partial charge is 0.451 e. The lowest BCUT2D eigenvalue weighted by atomic mass is 9.52. The lowest BCUT2D eigenvalue weighted by Gasteiger charge is -2.60. The molecule has 0 radical (unpaired) electrons. The molecule has 4 heterocycles. The molecule has 6 bridgehead atoms. The van der Waals surface area contributed by atoms with Crippen molar-refractivity contribution in [3.05, 3.63) is 36.2 Å². The molecule has 11 atom stereocenters. The van der Waals surface area contributed by atoms with E-state index in [1.807, 2.05) is 0 Å². The van der Waals surface area contributed by atoms with E-state index in [1.165, 1.54) is 19.2 Å². The Hall–Kier alpha value is -1.60. The number of carbonyl (C=O) groups excluding carboxylic acids is 1. The molecule has 1 aromatic rings. The van der Waals surface area contributed by atoms with Gasteiger partial charge >= 0.3 is 13.8 Å². The molecule has 3 saturated heterocycles. The van der Waals surface area contributed by atoms with Crippen LogP contribution in [0.25, 0.3) is 0 Å². The third-order valence-electron chi connectivity index (χ3n) is 11.6. The lowest BCUT2D eigenvalue weighted by Crippen LogP contribution is -2.77. The standard InChI is InChI=1S/C26H34NO11P/c1-13(2)23(31)18(35-17(28)15-8-7-11-27-15)24(32)19(4)12-22(30)20(23,5)26(24)25(37-22)16(36-39(33,34-6)38-26)14(3)9-10-21(19,25)29/h7-8,11,13,16,18,27,29-32H,3,9-10,12H2,1-2,4-6H3/t16-,18-,19+,20-,21+,22+,23-,24-,25-,26-,39+/m1/s1.